The number of hydrogen-bond acceptors (Lipinski definition) is 3. The third kappa shape index (κ3) is 8.91. The van der Waals surface area contributed by atoms with Gasteiger partial charge >= 0.3 is 0 Å². The van der Waals surface area contributed by atoms with Gasteiger partial charge in [-0.2, -0.15) is 0 Å². The summed E-state index contributed by atoms with van der Waals surface area (Å²) in [5.41, 5.74) is 4.16. The molecule has 0 saturated heterocycles. The molecule has 3 nitrogen and oxygen atoms in total. The first-order chi connectivity index (χ1) is 20.7. The van der Waals surface area contributed by atoms with E-state index in [0.29, 0.717) is 11.3 Å². The van der Waals surface area contributed by atoms with E-state index >= 15 is 0 Å². The lowest BCUT2D eigenvalue weighted by Gasteiger charge is -2.44. The minimum absolute atomic E-state index is 0.0967. The maximum Gasteiger partial charge on any atom is 0.192 e. The molecule has 0 radical (unpaired) electrons. The molecule has 0 aliphatic heterocycles. The fourth-order valence-corrected chi connectivity index (χ4v) is 15.3. The van der Waals surface area contributed by atoms with Crippen molar-refractivity contribution in [3.63, 3.8) is 0 Å². The summed E-state index contributed by atoms with van der Waals surface area (Å²) in [7, 11) is -3.49. The number of rotatable bonds is 16. The standard InChI is InChI=1S/C39H72O3Si2/c1-12-43(13-2,14-3)41-34-28-33(31(8)37(29-34)42-44(15-4,16-5)17-6)23-22-32-21-19-27-39(11)35(24-25-36(32)39)30(7)20-18-26-38(9,10)40/h22-23,30,34-37,40H,8,12-21,24-29H2,1-7,9-11H3/b32-22+,33-23-/t30-,34-,35-,36+,37+,39-/m1/s1. The molecule has 3 aliphatic rings. The van der Waals surface area contributed by atoms with Crippen molar-refractivity contribution in [3.8, 4) is 0 Å². The van der Waals surface area contributed by atoms with E-state index < -0.39 is 22.2 Å². The van der Waals surface area contributed by atoms with Crippen LogP contribution in [0.4, 0.5) is 0 Å². The molecule has 254 valence electrons. The smallest absolute Gasteiger partial charge is 0.192 e. The van der Waals surface area contributed by atoms with Crippen LogP contribution in [0, 0.1) is 23.2 Å². The van der Waals surface area contributed by atoms with Gasteiger partial charge in [0.1, 0.15) is 0 Å². The SMILES string of the molecule is C=C1/C(=C\C=C2/CCC[C@]3(C)[C@@H]([C@H](C)CCCC(C)(C)O)CC[C@@H]23)C[C@@H](O[Si](CC)(CC)CC)C[C@@H]1O[Si](CC)(CC)CC. The molecule has 0 aromatic rings. The van der Waals surface area contributed by atoms with E-state index in [9.17, 15) is 5.11 Å². The summed E-state index contributed by atoms with van der Waals surface area (Å²) in [5.74, 6) is 2.21. The quantitative estimate of drug-likeness (QED) is 0.170. The van der Waals surface area contributed by atoms with Crippen molar-refractivity contribution in [2.24, 2.45) is 23.2 Å². The van der Waals surface area contributed by atoms with Crippen LogP contribution in [0.3, 0.4) is 0 Å². The Kier molecular flexibility index (Phi) is 13.9. The summed E-state index contributed by atoms with van der Waals surface area (Å²) in [5, 5.41) is 10.2. The molecule has 0 heterocycles. The van der Waals surface area contributed by atoms with Crippen molar-refractivity contribution in [1.82, 2.24) is 0 Å². The zero-order chi connectivity index (χ0) is 32.8. The summed E-state index contributed by atoms with van der Waals surface area (Å²) in [6.45, 7) is 27.8. The maximum absolute atomic E-state index is 10.2. The highest BCUT2D eigenvalue weighted by atomic mass is 28.4. The first kappa shape index (κ1) is 38.0. The number of allylic oxidation sites excluding steroid dienone is 3. The van der Waals surface area contributed by atoms with Crippen LogP contribution in [0.5, 0.6) is 0 Å². The second-order valence-corrected chi connectivity index (χ2v) is 25.5. The number of fused-ring (bicyclic) bond motifs is 1. The predicted octanol–water partition coefficient (Wildman–Crippen LogP) is 11.8. The molecule has 0 amide bonds. The van der Waals surface area contributed by atoms with Gasteiger partial charge in [0.25, 0.3) is 0 Å². The topological polar surface area (TPSA) is 38.7 Å². The molecule has 6 atom stereocenters. The molecule has 3 saturated carbocycles. The molecule has 0 spiro atoms. The number of aliphatic hydroxyl groups is 1. The Morgan fingerprint density at radius 1 is 0.955 bits per heavy atom. The fourth-order valence-electron chi connectivity index (χ4n) is 9.57. The van der Waals surface area contributed by atoms with Crippen LogP contribution < -0.4 is 0 Å². The van der Waals surface area contributed by atoms with Crippen LogP contribution in [-0.4, -0.2) is 39.6 Å². The van der Waals surface area contributed by atoms with Crippen LogP contribution in [0.25, 0.3) is 0 Å². The van der Waals surface area contributed by atoms with E-state index in [4.69, 9.17) is 15.4 Å². The fraction of sp³-hybridized carbons (Fsp3) is 0.846. The van der Waals surface area contributed by atoms with E-state index in [1.54, 1.807) is 5.57 Å². The highest BCUT2D eigenvalue weighted by Crippen LogP contribution is 2.60. The van der Waals surface area contributed by atoms with E-state index in [1.165, 1.54) is 85.9 Å². The lowest BCUT2D eigenvalue weighted by Crippen LogP contribution is -2.46. The van der Waals surface area contributed by atoms with Crippen molar-refractivity contribution >= 4 is 16.6 Å². The molecule has 3 aliphatic carbocycles. The van der Waals surface area contributed by atoms with Gasteiger partial charge in [0.05, 0.1) is 17.8 Å². The molecule has 0 bridgehead atoms. The average molecular weight is 645 g/mol. The Morgan fingerprint density at radius 3 is 2.11 bits per heavy atom. The summed E-state index contributed by atoms with van der Waals surface area (Å²) in [6, 6.07) is 7.11. The van der Waals surface area contributed by atoms with E-state index in [2.05, 4.69) is 67.5 Å². The predicted molar refractivity (Wildman–Crippen MR) is 196 cm³/mol. The summed E-state index contributed by atoms with van der Waals surface area (Å²) in [4.78, 5) is 0. The van der Waals surface area contributed by atoms with Crippen molar-refractivity contribution in [3.05, 3.63) is 35.5 Å². The Labute approximate surface area is 276 Å². The van der Waals surface area contributed by atoms with Crippen molar-refractivity contribution < 1.29 is 14.0 Å². The molecule has 0 unspecified atom stereocenters. The van der Waals surface area contributed by atoms with Crippen molar-refractivity contribution in [1.29, 1.82) is 0 Å². The van der Waals surface area contributed by atoms with E-state index in [1.807, 2.05) is 13.8 Å². The monoisotopic (exact) mass is 645 g/mol. The van der Waals surface area contributed by atoms with Crippen LogP contribution in [0.15, 0.2) is 35.5 Å². The summed E-state index contributed by atoms with van der Waals surface area (Å²) in [6.07, 6.45) is 17.2. The van der Waals surface area contributed by atoms with Gasteiger partial charge in [-0.25, -0.2) is 0 Å². The van der Waals surface area contributed by atoms with Gasteiger partial charge in [-0.3, -0.25) is 0 Å². The third-order valence-corrected chi connectivity index (χ3v) is 22.4. The summed E-state index contributed by atoms with van der Waals surface area (Å²) < 4.78 is 14.4. The highest BCUT2D eigenvalue weighted by molar-refractivity contribution is 6.74. The zero-order valence-corrected chi connectivity index (χ0v) is 32.8. The van der Waals surface area contributed by atoms with Crippen molar-refractivity contribution in [2.75, 3.05) is 0 Å². The van der Waals surface area contributed by atoms with Gasteiger partial charge in [-0.15, -0.1) is 0 Å². The largest absolute Gasteiger partial charge is 0.413 e. The minimum Gasteiger partial charge on any atom is -0.413 e. The Hall–Kier alpha value is -0.466. The molecule has 3 rings (SSSR count). The lowest BCUT2D eigenvalue weighted by molar-refractivity contribution is 0.0596. The van der Waals surface area contributed by atoms with Gasteiger partial charge in [-0.1, -0.05) is 92.5 Å². The van der Waals surface area contributed by atoms with Crippen LogP contribution in [0.2, 0.25) is 36.3 Å². The van der Waals surface area contributed by atoms with Gasteiger partial charge in [-0.05, 0) is 129 Å². The van der Waals surface area contributed by atoms with Crippen LogP contribution in [0.1, 0.15) is 133 Å². The van der Waals surface area contributed by atoms with Gasteiger partial charge in [0, 0.05) is 6.42 Å². The maximum atomic E-state index is 10.2. The summed E-state index contributed by atoms with van der Waals surface area (Å²) >= 11 is 0. The second kappa shape index (κ2) is 16.1. The van der Waals surface area contributed by atoms with Gasteiger partial charge in [0.15, 0.2) is 16.6 Å². The Morgan fingerprint density at radius 2 is 1.55 bits per heavy atom. The number of hydrogen-bond donors (Lipinski definition) is 1. The van der Waals surface area contributed by atoms with Gasteiger partial charge in [0.2, 0.25) is 0 Å². The molecule has 0 aromatic carbocycles. The molecular weight excluding hydrogens is 573 g/mol. The van der Waals surface area contributed by atoms with Crippen LogP contribution in [-0.2, 0) is 8.85 Å². The van der Waals surface area contributed by atoms with Crippen molar-refractivity contribution in [2.45, 2.75) is 188 Å². The lowest BCUT2D eigenvalue weighted by atomic mass is 9.60. The molecule has 44 heavy (non-hydrogen) atoms. The van der Waals surface area contributed by atoms with Gasteiger partial charge < -0.3 is 14.0 Å². The first-order valence-electron chi connectivity index (χ1n) is 18.9. The first-order valence-corrected chi connectivity index (χ1v) is 24.0. The molecular formula is C39H72O3Si2. The average Bonchev–Trinajstić information content (AvgIpc) is 3.36. The normalized spacial score (nSPS) is 31.1. The molecule has 3 fully saturated rings. The molecule has 1 N–H and O–H groups in total. The zero-order valence-electron chi connectivity index (χ0n) is 30.8. The molecule has 0 aromatic heterocycles. The third-order valence-electron chi connectivity index (χ3n) is 13.1. The van der Waals surface area contributed by atoms with E-state index in [0.717, 1.165) is 37.5 Å². The second-order valence-electron chi connectivity index (χ2n) is 16.0. The Balaban J connectivity index is 1.86. The minimum atomic E-state index is -1.77. The van der Waals surface area contributed by atoms with Crippen LogP contribution >= 0.6 is 0 Å². The Bertz CT molecular complexity index is 969. The highest BCUT2D eigenvalue weighted by Gasteiger charge is 2.50. The van der Waals surface area contributed by atoms with E-state index in [-0.39, 0.29) is 12.2 Å². The molecule has 5 heteroatoms.